The highest BCUT2D eigenvalue weighted by molar-refractivity contribution is 9.10. The molecule has 136 valence electrons. The number of thiocarbonyl (C=S) groups is 1. The van der Waals surface area contributed by atoms with Gasteiger partial charge in [0.05, 0.1) is 9.40 Å². The monoisotopic (exact) mass is 437 g/mol. The van der Waals surface area contributed by atoms with Crippen LogP contribution in [0.25, 0.3) is 0 Å². The summed E-state index contributed by atoms with van der Waals surface area (Å²) in [5.74, 6) is 0.106. The van der Waals surface area contributed by atoms with Crippen LogP contribution >= 0.6 is 28.1 Å². The van der Waals surface area contributed by atoms with Crippen molar-refractivity contribution in [2.24, 2.45) is 0 Å². The van der Waals surface area contributed by atoms with Gasteiger partial charge < -0.3 is 10.1 Å². The molecule has 2 aromatic carbocycles. The van der Waals surface area contributed by atoms with Crippen LogP contribution in [0.5, 0.6) is 5.75 Å². The van der Waals surface area contributed by atoms with E-state index in [0.29, 0.717) is 11.4 Å². The van der Waals surface area contributed by atoms with Crippen LogP contribution in [-0.4, -0.2) is 22.5 Å². The van der Waals surface area contributed by atoms with Gasteiger partial charge in [0.25, 0.3) is 11.6 Å². The number of benzene rings is 2. The van der Waals surface area contributed by atoms with Gasteiger partial charge in [-0.3, -0.25) is 20.2 Å². The molecule has 26 heavy (non-hydrogen) atoms. The zero-order valence-electron chi connectivity index (χ0n) is 13.8. The third-order valence-corrected chi connectivity index (χ3v) is 4.15. The molecule has 0 unspecified atom stereocenters. The predicted octanol–water partition coefficient (Wildman–Crippen LogP) is 3.81. The predicted molar refractivity (Wildman–Crippen MR) is 106 cm³/mol. The summed E-state index contributed by atoms with van der Waals surface area (Å²) in [6.45, 7) is 1.83. The Kier molecular flexibility index (Phi) is 7.05. The summed E-state index contributed by atoms with van der Waals surface area (Å²) >= 11 is 8.43. The van der Waals surface area contributed by atoms with Crippen molar-refractivity contribution < 1.29 is 14.5 Å². The molecule has 0 bridgehead atoms. The second kappa shape index (κ2) is 9.25. The molecule has 7 nitrogen and oxygen atoms in total. The van der Waals surface area contributed by atoms with E-state index in [1.165, 1.54) is 18.2 Å². The molecule has 9 heteroatoms. The number of halogens is 1. The average molecular weight is 438 g/mol. The van der Waals surface area contributed by atoms with Crippen LogP contribution in [0.2, 0.25) is 0 Å². The molecule has 2 N–H and O–H groups in total. The van der Waals surface area contributed by atoms with E-state index in [4.69, 9.17) is 17.0 Å². The Labute approximate surface area is 164 Å². The van der Waals surface area contributed by atoms with Gasteiger partial charge in [0.2, 0.25) is 0 Å². The average Bonchev–Trinajstić information content (AvgIpc) is 2.60. The van der Waals surface area contributed by atoms with Crippen LogP contribution in [0.1, 0.15) is 12.5 Å². The molecule has 0 aliphatic heterocycles. The lowest BCUT2D eigenvalue weighted by atomic mass is 10.2. The van der Waals surface area contributed by atoms with Crippen molar-refractivity contribution in [1.29, 1.82) is 0 Å². The lowest BCUT2D eigenvalue weighted by molar-refractivity contribution is -0.384. The van der Waals surface area contributed by atoms with Crippen LogP contribution in [0.3, 0.4) is 0 Å². The fourth-order valence-electron chi connectivity index (χ4n) is 2.05. The van der Waals surface area contributed by atoms with Gasteiger partial charge in [-0.1, -0.05) is 19.1 Å². The number of rotatable bonds is 6. The van der Waals surface area contributed by atoms with E-state index in [9.17, 15) is 14.9 Å². The van der Waals surface area contributed by atoms with Crippen LogP contribution in [0.15, 0.2) is 46.9 Å². The van der Waals surface area contributed by atoms with Crippen molar-refractivity contribution >= 4 is 50.5 Å². The van der Waals surface area contributed by atoms with Crippen molar-refractivity contribution in [3.8, 4) is 5.75 Å². The van der Waals surface area contributed by atoms with Crippen molar-refractivity contribution in [3.05, 3.63) is 62.6 Å². The van der Waals surface area contributed by atoms with Crippen molar-refractivity contribution in [3.63, 3.8) is 0 Å². The summed E-state index contributed by atoms with van der Waals surface area (Å²) < 4.78 is 6.23. The molecule has 0 aromatic heterocycles. The number of aryl methyl sites for hydroxylation is 1. The van der Waals surface area contributed by atoms with Crippen molar-refractivity contribution in [2.45, 2.75) is 13.3 Å². The van der Waals surface area contributed by atoms with Gasteiger partial charge in [-0.05, 0) is 58.3 Å². The van der Waals surface area contributed by atoms with E-state index >= 15 is 0 Å². The normalized spacial score (nSPS) is 10.1. The van der Waals surface area contributed by atoms with Gasteiger partial charge >= 0.3 is 0 Å². The van der Waals surface area contributed by atoms with Crippen LogP contribution < -0.4 is 15.4 Å². The molecule has 2 rings (SSSR count). The number of hydrogen-bond acceptors (Lipinski definition) is 5. The number of anilines is 1. The first-order chi connectivity index (χ1) is 12.4. The maximum Gasteiger partial charge on any atom is 0.271 e. The number of non-ortho nitro benzene ring substituents is 1. The first-order valence-electron chi connectivity index (χ1n) is 7.65. The van der Waals surface area contributed by atoms with Crippen LogP contribution in [0.4, 0.5) is 11.4 Å². The highest BCUT2D eigenvalue weighted by Crippen LogP contribution is 2.26. The summed E-state index contributed by atoms with van der Waals surface area (Å²) in [4.78, 5) is 22.2. The molecule has 0 heterocycles. The van der Waals surface area contributed by atoms with E-state index < -0.39 is 10.8 Å². The number of carbonyl (C=O) groups excluding carboxylic acids is 1. The number of carbonyl (C=O) groups is 1. The highest BCUT2D eigenvalue weighted by Gasteiger charge is 2.10. The van der Waals surface area contributed by atoms with Crippen molar-refractivity contribution in [1.82, 2.24) is 5.32 Å². The quantitative estimate of drug-likeness (QED) is 0.405. The lowest BCUT2D eigenvalue weighted by Gasteiger charge is -2.11. The smallest absolute Gasteiger partial charge is 0.271 e. The van der Waals surface area contributed by atoms with Gasteiger partial charge in [0.15, 0.2) is 11.7 Å². The molecule has 0 aliphatic carbocycles. The number of nitro benzene ring substituents is 1. The molecule has 0 saturated heterocycles. The Morgan fingerprint density at radius 3 is 2.73 bits per heavy atom. The molecular formula is C17H16BrN3O4S. The van der Waals surface area contributed by atoms with Gasteiger partial charge in [-0.2, -0.15) is 0 Å². The maximum absolute atomic E-state index is 11.9. The van der Waals surface area contributed by atoms with E-state index in [-0.39, 0.29) is 17.4 Å². The van der Waals surface area contributed by atoms with Gasteiger partial charge in [-0.15, -0.1) is 0 Å². The molecule has 0 radical (unpaired) electrons. The number of nitrogens with zero attached hydrogens (tertiary/aromatic N) is 1. The SMILES string of the molecule is CCc1ccc(OCC(=O)NC(=S)Nc2cccc([N+](=O)[O-])c2)c(Br)c1. The van der Waals surface area contributed by atoms with Crippen molar-refractivity contribution in [2.75, 3.05) is 11.9 Å². The molecule has 2 aromatic rings. The van der Waals surface area contributed by atoms with E-state index in [1.54, 1.807) is 12.1 Å². The second-order valence-corrected chi connectivity index (χ2v) is 6.48. The summed E-state index contributed by atoms with van der Waals surface area (Å²) in [6.07, 6.45) is 0.900. The zero-order valence-corrected chi connectivity index (χ0v) is 16.2. The summed E-state index contributed by atoms with van der Waals surface area (Å²) in [7, 11) is 0. The third-order valence-electron chi connectivity index (χ3n) is 3.33. The van der Waals surface area contributed by atoms with E-state index in [2.05, 4.69) is 26.6 Å². The minimum absolute atomic E-state index is 0.0273. The third kappa shape index (κ3) is 5.78. The molecule has 0 aliphatic rings. The fourth-order valence-corrected chi connectivity index (χ4v) is 2.82. The Hall–Kier alpha value is -2.52. The molecule has 0 spiro atoms. The summed E-state index contributed by atoms with van der Waals surface area (Å²) in [5.41, 5.74) is 1.48. The number of amides is 1. The Balaban J connectivity index is 1.86. The molecule has 0 fully saturated rings. The number of ether oxygens (including phenoxy) is 1. The first-order valence-corrected chi connectivity index (χ1v) is 8.85. The highest BCUT2D eigenvalue weighted by atomic mass is 79.9. The Bertz CT molecular complexity index is 845. The number of nitro groups is 1. The first kappa shape index (κ1) is 19.8. The minimum Gasteiger partial charge on any atom is -0.483 e. The van der Waals surface area contributed by atoms with Gasteiger partial charge in [0, 0.05) is 17.8 Å². The molecule has 1 amide bonds. The minimum atomic E-state index is -0.512. The van der Waals surface area contributed by atoms with Gasteiger partial charge in [-0.25, -0.2) is 0 Å². The lowest BCUT2D eigenvalue weighted by Crippen LogP contribution is -2.37. The number of hydrogen-bond donors (Lipinski definition) is 2. The van der Waals surface area contributed by atoms with Crippen LogP contribution in [-0.2, 0) is 11.2 Å². The molecule has 0 atom stereocenters. The van der Waals surface area contributed by atoms with E-state index in [1.807, 2.05) is 19.1 Å². The molecule has 0 saturated carbocycles. The maximum atomic E-state index is 11.9. The Morgan fingerprint density at radius 2 is 2.08 bits per heavy atom. The largest absolute Gasteiger partial charge is 0.483 e. The fraction of sp³-hybridized carbons (Fsp3) is 0.176. The second-order valence-electron chi connectivity index (χ2n) is 5.22. The standard InChI is InChI=1S/C17H16BrN3O4S/c1-2-11-6-7-15(14(18)8-11)25-10-16(22)20-17(26)19-12-4-3-5-13(9-12)21(23)24/h3-9H,2,10H2,1H3,(H2,19,20,22,26). The summed E-state index contributed by atoms with van der Waals surface area (Å²) in [6, 6.07) is 11.5. The Morgan fingerprint density at radius 1 is 1.31 bits per heavy atom. The van der Waals surface area contributed by atoms with Crippen LogP contribution in [0, 0.1) is 10.1 Å². The zero-order chi connectivity index (χ0) is 19.1. The van der Waals surface area contributed by atoms with Gasteiger partial charge in [0.1, 0.15) is 5.75 Å². The summed E-state index contributed by atoms with van der Waals surface area (Å²) in [5, 5.41) is 16.0. The number of nitrogens with one attached hydrogen (secondary N) is 2. The topological polar surface area (TPSA) is 93.5 Å². The molecular weight excluding hydrogens is 422 g/mol. The van der Waals surface area contributed by atoms with E-state index in [0.717, 1.165) is 16.5 Å².